The van der Waals surface area contributed by atoms with Crippen LogP contribution in [0.25, 0.3) is 0 Å². The molecule has 0 bridgehead atoms. The van der Waals surface area contributed by atoms with Gasteiger partial charge in [-0.05, 0) is 62.8 Å². The molecule has 4 atom stereocenters. The Morgan fingerprint density at radius 3 is 2.57 bits per heavy atom. The largest absolute Gasteiger partial charge is 0.314 e. The molecule has 0 aromatic heterocycles. The van der Waals surface area contributed by atoms with E-state index in [-0.39, 0.29) is 0 Å². The van der Waals surface area contributed by atoms with Crippen LogP contribution in [0, 0.1) is 5.92 Å². The Hall–Kier alpha value is -0.380. The molecule has 3 rings (SSSR count). The lowest BCUT2D eigenvalue weighted by Gasteiger charge is -2.38. The van der Waals surface area contributed by atoms with Gasteiger partial charge in [0.1, 0.15) is 0 Å². The van der Waals surface area contributed by atoms with Crippen LogP contribution in [0.4, 0.5) is 0 Å². The third kappa shape index (κ3) is 3.88. The molecule has 4 unspecified atom stereocenters. The Balaban J connectivity index is 1.64. The number of hydrogen-bond donors (Lipinski definition) is 2. The summed E-state index contributed by atoms with van der Waals surface area (Å²) in [5, 5.41) is 7.66. The Morgan fingerprint density at radius 1 is 1.10 bits per heavy atom. The summed E-state index contributed by atoms with van der Waals surface area (Å²) < 4.78 is 1.16. The summed E-state index contributed by atoms with van der Waals surface area (Å²) in [4.78, 5) is 0. The maximum Gasteiger partial charge on any atom is 0.0294 e. The highest BCUT2D eigenvalue weighted by Crippen LogP contribution is 2.32. The van der Waals surface area contributed by atoms with Gasteiger partial charge in [-0.1, -0.05) is 40.9 Å². The predicted molar refractivity (Wildman–Crippen MR) is 92.5 cm³/mol. The van der Waals surface area contributed by atoms with E-state index in [1.165, 1.54) is 50.6 Å². The third-order valence-corrected chi connectivity index (χ3v) is 5.80. The van der Waals surface area contributed by atoms with Gasteiger partial charge in [-0.25, -0.2) is 0 Å². The van der Waals surface area contributed by atoms with E-state index in [9.17, 15) is 0 Å². The zero-order chi connectivity index (χ0) is 14.7. The molecule has 2 fully saturated rings. The fraction of sp³-hybridized carbons (Fsp3) is 0.667. The molecule has 21 heavy (non-hydrogen) atoms. The summed E-state index contributed by atoms with van der Waals surface area (Å²) in [6.07, 6.45) is 8.25. The molecule has 2 aliphatic rings. The monoisotopic (exact) mass is 350 g/mol. The van der Waals surface area contributed by atoms with E-state index >= 15 is 0 Å². The van der Waals surface area contributed by atoms with Crippen molar-refractivity contribution in [3.8, 4) is 0 Å². The van der Waals surface area contributed by atoms with Crippen molar-refractivity contribution in [3.05, 3.63) is 34.3 Å². The van der Waals surface area contributed by atoms with E-state index in [4.69, 9.17) is 0 Å². The van der Waals surface area contributed by atoms with Crippen LogP contribution in [0.1, 0.15) is 57.1 Å². The van der Waals surface area contributed by atoms with E-state index in [0.29, 0.717) is 12.1 Å². The van der Waals surface area contributed by atoms with Crippen LogP contribution in [-0.4, -0.2) is 18.6 Å². The van der Waals surface area contributed by atoms with Crippen molar-refractivity contribution in [3.63, 3.8) is 0 Å². The van der Waals surface area contributed by atoms with Crippen molar-refractivity contribution in [1.82, 2.24) is 10.6 Å². The van der Waals surface area contributed by atoms with Gasteiger partial charge < -0.3 is 10.6 Å². The molecular weight excluding hydrogens is 324 g/mol. The van der Waals surface area contributed by atoms with Gasteiger partial charge in [0.25, 0.3) is 0 Å². The van der Waals surface area contributed by atoms with Gasteiger partial charge in [0, 0.05) is 22.6 Å². The van der Waals surface area contributed by atoms with Gasteiger partial charge >= 0.3 is 0 Å². The van der Waals surface area contributed by atoms with E-state index in [1.807, 2.05) is 0 Å². The predicted octanol–water partition coefficient (Wildman–Crippen LogP) is 4.41. The normalized spacial score (nSPS) is 31.2. The Bertz CT molecular complexity index is 439. The van der Waals surface area contributed by atoms with Crippen molar-refractivity contribution in [2.75, 3.05) is 6.54 Å². The standard InChI is InChI=1S/C18H27BrN2/c1-13(14-8-10-15(19)11-9-14)21-18-6-3-2-5-16(18)17-7-4-12-20-17/h8-11,13,16-18,20-21H,2-7,12H2,1H3. The number of nitrogens with one attached hydrogen (secondary N) is 2. The van der Waals surface area contributed by atoms with Gasteiger partial charge in [0.05, 0.1) is 0 Å². The molecule has 1 heterocycles. The second-order valence-electron chi connectivity index (χ2n) is 6.70. The molecule has 0 spiro atoms. The van der Waals surface area contributed by atoms with Crippen LogP contribution in [0.5, 0.6) is 0 Å². The number of benzene rings is 1. The first kappa shape index (κ1) is 15.5. The first-order valence-electron chi connectivity index (χ1n) is 8.49. The smallest absolute Gasteiger partial charge is 0.0294 e. The molecule has 0 radical (unpaired) electrons. The van der Waals surface area contributed by atoms with Gasteiger partial charge in [0.15, 0.2) is 0 Å². The summed E-state index contributed by atoms with van der Waals surface area (Å²) in [5.41, 5.74) is 1.39. The molecule has 2 nitrogen and oxygen atoms in total. The Labute approximate surface area is 137 Å². The number of rotatable bonds is 4. The van der Waals surface area contributed by atoms with Crippen LogP contribution in [-0.2, 0) is 0 Å². The SMILES string of the molecule is CC(NC1CCCCC1C1CCCN1)c1ccc(Br)cc1. The van der Waals surface area contributed by atoms with Crippen LogP contribution in [0.3, 0.4) is 0 Å². The summed E-state index contributed by atoms with van der Waals surface area (Å²) in [5.74, 6) is 0.819. The van der Waals surface area contributed by atoms with Gasteiger partial charge in [0.2, 0.25) is 0 Å². The van der Waals surface area contributed by atoms with Gasteiger partial charge in [-0.15, -0.1) is 0 Å². The lowest BCUT2D eigenvalue weighted by atomic mass is 9.79. The zero-order valence-electron chi connectivity index (χ0n) is 12.9. The average Bonchev–Trinajstić information content (AvgIpc) is 3.02. The second kappa shape index (κ2) is 7.26. The molecule has 3 heteroatoms. The Morgan fingerprint density at radius 2 is 1.86 bits per heavy atom. The minimum atomic E-state index is 0.435. The lowest BCUT2D eigenvalue weighted by molar-refractivity contribution is 0.203. The highest BCUT2D eigenvalue weighted by molar-refractivity contribution is 9.10. The quantitative estimate of drug-likeness (QED) is 0.840. The van der Waals surface area contributed by atoms with E-state index < -0.39 is 0 Å². The van der Waals surface area contributed by atoms with E-state index in [0.717, 1.165) is 16.4 Å². The maximum absolute atomic E-state index is 3.93. The lowest BCUT2D eigenvalue weighted by Crippen LogP contribution is -2.47. The fourth-order valence-electron chi connectivity index (χ4n) is 4.09. The second-order valence-corrected chi connectivity index (χ2v) is 7.61. The molecule has 1 aromatic rings. The molecule has 1 saturated heterocycles. The van der Waals surface area contributed by atoms with Crippen LogP contribution in [0.15, 0.2) is 28.7 Å². The molecule has 1 aromatic carbocycles. The number of halogens is 1. The minimum absolute atomic E-state index is 0.435. The summed E-state index contributed by atoms with van der Waals surface area (Å²) >= 11 is 3.52. The molecule has 116 valence electrons. The summed E-state index contributed by atoms with van der Waals surface area (Å²) in [7, 11) is 0. The molecule has 1 aliphatic carbocycles. The summed E-state index contributed by atoms with van der Waals surface area (Å²) in [6.45, 7) is 3.52. The molecule has 1 aliphatic heterocycles. The Kier molecular flexibility index (Phi) is 5.36. The summed E-state index contributed by atoms with van der Waals surface area (Å²) in [6, 6.07) is 10.6. The molecule has 1 saturated carbocycles. The van der Waals surface area contributed by atoms with E-state index in [1.54, 1.807) is 0 Å². The van der Waals surface area contributed by atoms with Crippen LogP contribution in [0.2, 0.25) is 0 Å². The molecular formula is C18H27BrN2. The highest BCUT2D eigenvalue weighted by Gasteiger charge is 2.33. The van der Waals surface area contributed by atoms with Crippen LogP contribution < -0.4 is 10.6 Å². The van der Waals surface area contributed by atoms with Crippen LogP contribution >= 0.6 is 15.9 Å². The maximum atomic E-state index is 3.93. The first-order chi connectivity index (χ1) is 10.2. The first-order valence-corrected chi connectivity index (χ1v) is 9.28. The van der Waals surface area contributed by atoms with Crippen molar-refractivity contribution in [2.45, 2.75) is 63.6 Å². The van der Waals surface area contributed by atoms with Crippen molar-refractivity contribution >= 4 is 15.9 Å². The third-order valence-electron chi connectivity index (χ3n) is 5.27. The molecule has 0 amide bonds. The van der Waals surface area contributed by atoms with Gasteiger partial charge in [-0.2, -0.15) is 0 Å². The van der Waals surface area contributed by atoms with Crippen molar-refractivity contribution in [1.29, 1.82) is 0 Å². The fourth-order valence-corrected chi connectivity index (χ4v) is 4.36. The average molecular weight is 351 g/mol. The minimum Gasteiger partial charge on any atom is -0.314 e. The topological polar surface area (TPSA) is 24.1 Å². The molecule has 2 N–H and O–H groups in total. The van der Waals surface area contributed by atoms with Gasteiger partial charge in [-0.3, -0.25) is 0 Å². The highest BCUT2D eigenvalue weighted by atomic mass is 79.9. The number of hydrogen-bond acceptors (Lipinski definition) is 2. The van der Waals surface area contributed by atoms with E-state index in [2.05, 4.69) is 57.8 Å². The zero-order valence-corrected chi connectivity index (χ0v) is 14.5. The van der Waals surface area contributed by atoms with Crippen molar-refractivity contribution < 1.29 is 0 Å². The van der Waals surface area contributed by atoms with Crippen molar-refractivity contribution in [2.24, 2.45) is 5.92 Å².